The Labute approximate surface area is 173 Å². The van der Waals surface area contributed by atoms with E-state index in [2.05, 4.69) is 47.5 Å². The van der Waals surface area contributed by atoms with Gasteiger partial charge in [-0.3, -0.25) is 4.90 Å². The van der Waals surface area contributed by atoms with Crippen molar-refractivity contribution in [3.63, 3.8) is 0 Å². The summed E-state index contributed by atoms with van der Waals surface area (Å²) < 4.78 is 0. The molecule has 0 amide bonds. The maximum absolute atomic E-state index is 4.30. The topological polar surface area (TPSA) is 40.2 Å². The second-order valence-electron chi connectivity index (χ2n) is 7.19. The molecule has 27 heavy (non-hydrogen) atoms. The molecule has 2 rings (SSSR count). The molecule has 0 aromatic carbocycles. The van der Waals surface area contributed by atoms with Gasteiger partial charge in [-0.1, -0.05) is 36.4 Å². The normalized spacial score (nSPS) is 20.2. The van der Waals surface area contributed by atoms with E-state index in [1.54, 1.807) is 10.8 Å². The molecular weight excluding hydrogens is 372 g/mol. The standard InChI is InChI=1S/C21H34N4S2/c1-17(23-14-15-26-27-21-10-5-6-12-24-21)11-13-22-18(2)16-25-19(3)8-7-9-20(25)4/h5-6,10,12,19-20,22-23H,1-2,7-9,11,13-16H2,3-4H3. The Bertz CT molecular complexity index is 569. The molecule has 1 aromatic rings. The number of nitrogens with zero attached hydrogens (tertiary/aromatic N) is 2. The van der Waals surface area contributed by atoms with Gasteiger partial charge in [-0.05, 0) is 49.6 Å². The predicted molar refractivity (Wildman–Crippen MR) is 121 cm³/mol. The van der Waals surface area contributed by atoms with Crippen molar-refractivity contribution in [1.82, 2.24) is 20.5 Å². The third-order valence-electron chi connectivity index (χ3n) is 4.89. The number of hydrogen-bond acceptors (Lipinski definition) is 6. The van der Waals surface area contributed by atoms with E-state index in [4.69, 9.17) is 0 Å². The summed E-state index contributed by atoms with van der Waals surface area (Å²) in [4.78, 5) is 6.88. The molecular formula is C21H34N4S2. The Morgan fingerprint density at radius 2 is 1.89 bits per heavy atom. The molecule has 150 valence electrons. The lowest BCUT2D eigenvalue weighted by atomic mass is 9.97. The molecule has 1 saturated heterocycles. The highest BCUT2D eigenvalue weighted by molar-refractivity contribution is 8.76. The summed E-state index contributed by atoms with van der Waals surface area (Å²) in [6, 6.07) is 7.31. The van der Waals surface area contributed by atoms with Crippen molar-refractivity contribution >= 4 is 21.6 Å². The Morgan fingerprint density at radius 3 is 2.59 bits per heavy atom. The monoisotopic (exact) mass is 406 g/mol. The van der Waals surface area contributed by atoms with Gasteiger partial charge in [0.15, 0.2) is 0 Å². The van der Waals surface area contributed by atoms with Gasteiger partial charge in [0.05, 0.1) is 0 Å². The summed E-state index contributed by atoms with van der Waals surface area (Å²) >= 11 is 0. The van der Waals surface area contributed by atoms with Crippen LogP contribution in [0.1, 0.15) is 39.5 Å². The van der Waals surface area contributed by atoms with Crippen LogP contribution in [0.15, 0.2) is 54.0 Å². The van der Waals surface area contributed by atoms with Gasteiger partial charge in [-0.25, -0.2) is 4.98 Å². The molecule has 6 heteroatoms. The van der Waals surface area contributed by atoms with Crippen LogP contribution in [0.2, 0.25) is 0 Å². The summed E-state index contributed by atoms with van der Waals surface area (Å²) in [5, 5.41) is 7.94. The van der Waals surface area contributed by atoms with E-state index in [1.807, 2.05) is 35.2 Å². The molecule has 2 N–H and O–H groups in total. The lowest BCUT2D eigenvalue weighted by Crippen LogP contribution is -2.45. The molecule has 2 unspecified atom stereocenters. The maximum Gasteiger partial charge on any atom is 0.106 e. The van der Waals surface area contributed by atoms with Crippen molar-refractivity contribution in [3.05, 3.63) is 48.9 Å². The molecule has 4 nitrogen and oxygen atoms in total. The van der Waals surface area contributed by atoms with Gasteiger partial charge < -0.3 is 10.6 Å². The summed E-state index contributed by atoms with van der Waals surface area (Å²) in [5.74, 6) is 1.02. The van der Waals surface area contributed by atoms with Gasteiger partial charge in [-0.2, -0.15) is 0 Å². The van der Waals surface area contributed by atoms with Crippen LogP contribution >= 0.6 is 21.6 Å². The third kappa shape index (κ3) is 8.62. The van der Waals surface area contributed by atoms with Crippen molar-refractivity contribution in [2.45, 2.75) is 56.6 Å². The van der Waals surface area contributed by atoms with Crippen molar-refractivity contribution in [2.75, 3.05) is 25.4 Å². The summed E-state index contributed by atoms with van der Waals surface area (Å²) in [7, 11) is 3.53. The quantitative estimate of drug-likeness (QED) is 0.388. The minimum atomic E-state index is 0.658. The minimum Gasteiger partial charge on any atom is -0.388 e. The molecule has 1 aromatic heterocycles. The average Bonchev–Trinajstić information content (AvgIpc) is 2.65. The Morgan fingerprint density at radius 1 is 1.15 bits per heavy atom. The van der Waals surface area contributed by atoms with Gasteiger partial charge in [0.25, 0.3) is 0 Å². The van der Waals surface area contributed by atoms with Crippen LogP contribution in [0.25, 0.3) is 0 Å². The molecule has 0 radical (unpaired) electrons. The SMILES string of the molecule is C=C(CCNC(=C)CN1C(C)CCCC1C)NCCSSc1ccccn1. The molecule has 0 bridgehead atoms. The van der Waals surface area contributed by atoms with Gasteiger partial charge in [0.2, 0.25) is 0 Å². The van der Waals surface area contributed by atoms with Gasteiger partial charge >= 0.3 is 0 Å². The number of likely N-dealkylation sites (tertiary alicyclic amines) is 1. The lowest BCUT2D eigenvalue weighted by Gasteiger charge is -2.39. The number of aromatic nitrogens is 1. The van der Waals surface area contributed by atoms with E-state index in [1.165, 1.54) is 19.3 Å². The molecule has 1 fully saturated rings. The van der Waals surface area contributed by atoms with Gasteiger partial charge in [-0.15, -0.1) is 0 Å². The number of nitrogens with one attached hydrogen (secondary N) is 2. The first-order chi connectivity index (χ1) is 13.1. The number of hydrogen-bond donors (Lipinski definition) is 2. The third-order valence-corrected chi connectivity index (χ3v) is 7.16. The molecule has 2 atom stereocenters. The zero-order valence-corrected chi connectivity index (χ0v) is 18.4. The van der Waals surface area contributed by atoms with E-state index >= 15 is 0 Å². The second-order valence-corrected chi connectivity index (χ2v) is 9.62. The second kappa shape index (κ2) is 12.4. The molecule has 1 aliphatic heterocycles. The summed E-state index contributed by atoms with van der Waals surface area (Å²) in [6.45, 7) is 15.8. The fraction of sp³-hybridized carbons (Fsp3) is 0.571. The van der Waals surface area contributed by atoms with Gasteiger partial charge in [0, 0.05) is 61.5 Å². The molecule has 0 saturated carbocycles. The first kappa shape index (κ1) is 22.2. The lowest BCUT2D eigenvalue weighted by molar-refractivity contribution is 0.113. The first-order valence-electron chi connectivity index (χ1n) is 9.86. The molecule has 0 aliphatic carbocycles. The highest BCUT2D eigenvalue weighted by Crippen LogP contribution is 2.28. The number of pyridine rings is 1. The van der Waals surface area contributed by atoms with E-state index in [-0.39, 0.29) is 0 Å². The van der Waals surface area contributed by atoms with Crippen molar-refractivity contribution in [1.29, 1.82) is 0 Å². The van der Waals surface area contributed by atoms with Crippen LogP contribution in [-0.4, -0.2) is 47.4 Å². The Balaban J connectivity index is 1.50. The van der Waals surface area contributed by atoms with E-state index in [0.717, 1.165) is 48.2 Å². The Kier molecular flexibility index (Phi) is 10.2. The summed E-state index contributed by atoms with van der Waals surface area (Å²) in [5.41, 5.74) is 2.20. The van der Waals surface area contributed by atoms with Crippen molar-refractivity contribution in [3.8, 4) is 0 Å². The molecule has 0 spiro atoms. The highest BCUT2D eigenvalue weighted by Gasteiger charge is 2.24. The average molecular weight is 407 g/mol. The van der Waals surface area contributed by atoms with Gasteiger partial charge in [0.1, 0.15) is 5.03 Å². The van der Waals surface area contributed by atoms with E-state index < -0.39 is 0 Å². The van der Waals surface area contributed by atoms with Crippen LogP contribution < -0.4 is 10.6 Å². The number of piperidine rings is 1. The maximum atomic E-state index is 4.30. The number of rotatable bonds is 12. The predicted octanol–water partition coefficient (Wildman–Crippen LogP) is 4.68. The molecule has 2 heterocycles. The fourth-order valence-electron chi connectivity index (χ4n) is 3.31. The zero-order valence-electron chi connectivity index (χ0n) is 16.7. The Hall–Kier alpha value is -1.11. The first-order valence-corrected chi connectivity index (χ1v) is 12.2. The largest absolute Gasteiger partial charge is 0.388 e. The smallest absolute Gasteiger partial charge is 0.106 e. The highest BCUT2D eigenvalue weighted by atomic mass is 33.1. The fourth-order valence-corrected chi connectivity index (χ4v) is 5.09. The zero-order chi connectivity index (χ0) is 19.5. The minimum absolute atomic E-state index is 0.658. The molecule has 1 aliphatic rings. The summed E-state index contributed by atoms with van der Waals surface area (Å²) in [6.07, 6.45) is 6.70. The van der Waals surface area contributed by atoms with Crippen LogP contribution in [0.3, 0.4) is 0 Å². The van der Waals surface area contributed by atoms with Crippen LogP contribution in [0, 0.1) is 0 Å². The van der Waals surface area contributed by atoms with E-state index in [9.17, 15) is 0 Å². The van der Waals surface area contributed by atoms with E-state index in [0.29, 0.717) is 12.1 Å². The van der Waals surface area contributed by atoms with Crippen LogP contribution in [0.4, 0.5) is 0 Å². The van der Waals surface area contributed by atoms with Crippen molar-refractivity contribution < 1.29 is 0 Å². The van der Waals surface area contributed by atoms with Crippen LogP contribution in [-0.2, 0) is 0 Å². The van der Waals surface area contributed by atoms with Crippen LogP contribution in [0.5, 0.6) is 0 Å². The van der Waals surface area contributed by atoms with Crippen molar-refractivity contribution in [2.24, 2.45) is 0 Å².